The van der Waals surface area contributed by atoms with E-state index in [0.717, 1.165) is 72.8 Å². The molecule has 0 radical (unpaired) electrons. The number of ether oxygens (including phenoxy) is 1. The van der Waals surface area contributed by atoms with Crippen molar-refractivity contribution in [3.8, 4) is 78.3 Å². The lowest BCUT2D eigenvalue weighted by atomic mass is 9.66. The highest BCUT2D eigenvalue weighted by molar-refractivity contribution is 6.16. The summed E-state index contributed by atoms with van der Waals surface area (Å²) < 4.78 is 13.3. The Morgan fingerprint density at radius 1 is 0.300 bits per heavy atom. The number of rotatable bonds is 4. The average molecular weight is 892 g/mol. The van der Waals surface area contributed by atoms with Crippen molar-refractivity contribution in [3.05, 3.63) is 271 Å². The second-order valence-electron chi connectivity index (χ2n) is 18.6. The molecule has 11 aromatic carbocycles. The molecule has 3 nitrogen and oxygen atoms in total. The number of nitrogens with zero attached hydrogens (tertiary/aromatic N) is 1. The molecule has 0 fully saturated rings. The molecule has 2 aliphatic carbocycles. The molecule has 1 aliphatic heterocycles. The highest BCUT2D eigenvalue weighted by Gasteiger charge is 2.50. The van der Waals surface area contributed by atoms with E-state index in [1.165, 1.54) is 66.8 Å². The minimum absolute atomic E-state index is 0.661. The molecule has 3 heteroatoms. The topological polar surface area (TPSA) is 25.6 Å². The van der Waals surface area contributed by atoms with Gasteiger partial charge in [0.1, 0.15) is 22.7 Å². The fourth-order valence-electron chi connectivity index (χ4n) is 12.2. The quantitative estimate of drug-likeness (QED) is 0.176. The minimum atomic E-state index is -0.661. The van der Waals surface area contributed by atoms with Crippen LogP contribution in [0, 0.1) is 0 Å². The van der Waals surface area contributed by atoms with E-state index in [0.29, 0.717) is 0 Å². The smallest absolute Gasteiger partial charge is 0.136 e. The summed E-state index contributed by atoms with van der Waals surface area (Å²) in [6.07, 6.45) is 0. The van der Waals surface area contributed by atoms with Crippen LogP contribution in [-0.2, 0) is 5.41 Å². The largest absolute Gasteiger partial charge is 0.456 e. The summed E-state index contributed by atoms with van der Waals surface area (Å²) in [5.74, 6) is 1.69. The third kappa shape index (κ3) is 5.46. The first-order valence-electron chi connectivity index (χ1n) is 24.1. The average Bonchev–Trinajstić information content (AvgIpc) is 3.88. The van der Waals surface area contributed by atoms with E-state index in [2.05, 4.69) is 248 Å². The van der Waals surface area contributed by atoms with Gasteiger partial charge in [-0.25, -0.2) is 0 Å². The molecule has 1 atom stereocenters. The van der Waals surface area contributed by atoms with Crippen LogP contribution in [0.5, 0.6) is 11.5 Å². The zero-order chi connectivity index (χ0) is 45.9. The van der Waals surface area contributed by atoms with Crippen LogP contribution in [0.25, 0.3) is 88.7 Å². The van der Waals surface area contributed by atoms with Crippen molar-refractivity contribution in [1.29, 1.82) is 0 Å². The van der Waals surface area contributed by atoms with E-state index in [1.54, 1.807) is 0 Å². The van der Waals surface area contributed by atoms with Gasteiger partial charge in [-0.1, -0.05) is 188 Å². The maximum absolute atomic E-state index is 6.66. The van der Waals surface area contributed by atoms with Gasteiger partial charge in [-0.15, -0.1) is 0 Å². The Morgan fingerprint density at radius 3 is 1.56 bits per heavy atom. The molecule has 12 aromatic rings. The second kappa shape index (κ2) is 14.9. The lowest BCUT2D eigenvalue weighted by molar-refractivity contribution is 0.488. The molecule has 1 unspecified atom stereocenters. The molecule has 0 bridgehead atoms. The number of fused-ring (bicyclic) bond motifs is 21. The Labute approximate surface area is 405 Å². The van der Waals surface area contributed by atoms with Gasteiger partial charge in [0.25, 0.3) is 0 Å². The van der Waals surface area contributed by atoms with E-state index in [-0.39, 0.29) is 0 Å². The summed E-state index contributed by atoms with van der Waals surface area (Å²) in [4.78, 5) is 2.43. The van der Waals surface area contributed by atoms with E-state index in [9.17, 15) is 0 Å². The van der Waals surface area contributed by atoms with Crippen LogP contribution in [0.3, 0.4) is 0 Å². The maximum atomic E-state index is 6.66. The van der Waals surface area contributed by atoms with Crippen LogP contribution in [0.2, 0.25) is 0 Å². The standard InChI is InChI=1S/C67H41NO2/c1-2-16-42(17-3-1)43-30-32-44(33-31-43)68(45-34-36-49-51-21-8-13-27-61(51)69-62-28-14-9-22-52(62)55(49)40-45)46-35-37-59-56(41-46)48-19-5-4-18-47(48)50-20-6-11-25-57(50)67(59)58-26-12-7-23-53(58)65-60(67)38-39-64-66(65)54-24-10-15-29-63(54)70-64/h1-41H. The highest BCUT2D eigenvalue weighted by atomic mass is 16.5. The normalized spacial score (nSPS) is 14.5. The molecule has 0 N–H and O–H groups in total. The Morgan fingerprint density at radius 2 is 0.800 bits per heavy atom. The van der Waals surface area contributed by atoms with Crippen molar-refractivity contribution in [1.82, 2.24) is 0 Å². The number of benzene rings is 11. The molecular weight excluding hydrogens is 851 g/mol. The monoisotopic (exact) mass is 891 g/mol. The Bertz CT molecular complexity index is 4110. The number of hydrogen-bond acceptors (Lipinski definition) is 3. The Balaban J connectivity index is 1.02. The van der Waals surface area contributed by atoms with Gasteiger partial charge < -0.3 is 14.1 Å². The number of furan rings is 1. The zero-order valence-electron chi connectivity index (χ0n) is 37.9. The van der Waals surface area contributed by atoms with Gasteiger partial charge in [0.15, 0.2) is 0 Å². The van der Waals surface area contributed by atoms with Crippen LogP contribution in [0.4, 0.5) is 17.1 Å². The number of anilines is 3. The molecular formula is C67H41NO2. The fraction of sp³-hybridized carbons (Fsp3) is 0.0149. The molecule has 1 spiro atoms. The third-order valence-electron chi connectivity index (χ3n) is 15.1. The summed E-state index contributed by atoms with van der Waals surface area (Å²) in [5, 5.41) is 2.30. The summed E-state index contributed by atoms with van der Waals surface area (Å²) in [5.41, 5.74) is 23.4. The Kier molecular flexibility index (Phi) is 8.28. The van der Waals surface area contributed by atoms with Crippen molar-refractivity contribution in [3.63, 3.8) is 0 Å². The van der Waals surface area contributed by atoms with Crippen molar-refractivity contribution < 1.29 is 9.15 Å². The predicted molar refractivity (Wildman–Crippen MR) is 287 cm³/mol. The van der Waals surface area contributed by atoms with E-state index < -0.39 is 5.41 Å². The van der Waals surface area contributed by atoms with Crippen molar-refractivity contribution in [2.45, 2.75) is 5.41 Å². The molecule has 326 valence electrons. The lowest BCUT2D eigenvalue weighted by Crippen LogP contribution is -2.29. The van der Waals surface area contributed by atoms with Crippen LogP contribution in [0.1, 0.15) is 22.3 Å². The van der Waals surface area contributed by atoms with Crippen LogP contribution in [-0.4, -0.2) is 0 Å². The highest BCUT2D eigenvalue weighted by Crippen LogP contribution is 2.63. The predicted octanol–water partition coefficient (Wildman–Crippen LogP) is 18.2. The Hall–Kier alpha value is -9.18. The SMILES string of the molecule is c1ccc(-c2ccc(N(c3ccc4c(c3)-c3ccccc3Oc3ccccc3-4)c3ccc4c(c3)-c3ccccc3-c3ccccc3C43c4ccccc4-c4c3ccc3oc5ccccc5c43)cc2)cc1. The molecule has 1 aromatic heterocycles. The first-order chi connectivity index (χ1) is 34.7. The van der Waals surface area contributed by atoms with Crippen LogP contribution < -0.4 is 9.64 Å². The number of para-hydroxylation sites is 3. The van der Waals surface area contributed by atoms with E-state index in [4.69, 9.17) is 9.15 Å². The lowest BCUT2D eigenvalue weighted by Gasteiger charge is -2.36. The second-order valence-corrected chi connectivity index (χ2v) is 18.6. The summed E-state index contributed by atoms with van der Waals surface area (Å²) in [6.45, 7) is 0. The maximum Gasteiger partial charge on any atom is 0.136 e. The fourth-order valence-corrected chi connectivity index (χ4v) is 12.2. The van der Waals surface area contributed by atoms with E-state index >= 15 is 0 Å². The molecule has 70 heavy (non-hydrogen) atoms. The van der Waals surface area contributed by atoms with Gasteiger partial charge in [0, 0.05) is 39.0 Å². The first kappa shape index (κ1) is 38.9. The minimum Gasteiger partial charge on any atom is -0.456 e. The van der Waals surface area contributed by atoms with Gasteiger partial charge >= 0.3 is 0 Å². The molecule has 2 heterocycles. The van der Waals surface area contributed by atoms with E-state index in [1.807, 2.05) is 6.07 Å². The molecule has 15 rings (SSSR count). The first-order valence-corrected chi connectivity index (χ1v) is 24.1. The molecule has 3 aliphatic rings. The number of hydrogen-bond donors (Lipinski definition) is 0. The molecule has 0 saturated carbocycles. The summed E-state index contributed by atoms with van der Waals surface area (Å²) in [6, 6.07) is 90.8. The van der Waals surface area contributed by atoms with Gasteiger partial charge in [-0.3, -0.25) is 0 Å². The van der Waals surface area contributed by atoms with Gasteiger partial charge in [-0.2, -0.15) is 0 Å². The van der Waals surface area contributed by atoms with Gasteiger partial charge in [0.2, 0.25) is 0 Å². The van der Waals surface area contributed by atoms with Crippen LogP contribution in [0.15, 0.2) is 253 Å². The van der Waals surface area contributed by atoms with Gasteiger partial charge in [0.05, 0.1) is 5.41 Å². The molecule has 0 saturated heterocycles. The van der Waals surface area contributed by atoms with Crippen molar-refractivity contribution in [2.75, 3.05) is 4.90 Å². The summed E-state index contributed by atoms with van der Waals surface area (Å²) >= 11 is 0. The van der Waals surface area contributed by atoms with Crippen molar-refractivity contribution >= 4 is 39.0 Å². The van der Waals surface area contributed by atoms with Crippen LogP contribution >= 0.6 is 0 Å². The van der Waals surface area contributed by atoms with Crippen molar-refractivity contribution in [2.24, 2.45) is 0 Å². The zero-order valence-corrected chi connectivity index (χ0v) is 37.9. The molecule has 0 amide bonds. The third-order valence-corrected chi connectivity index (χ3v) is 15.1. The van der Waals surface area contributed by atoms with Gasteiger partial charge in [-0.05, 0) is 139 Å². The summed E-state index contributed by atoms with van der Waals surface area (Å²) in [7, 11) is 0.